The number of aromatic nitrogens is 5. The quantitative estimate of drug-likeness (QED) is 0.594. The molecule has 0 radical (unpaired) electrons. The summed E-state index contributed by atoms with van der Waals surface area (Å²) in [6.07, 6.45) is 3.65. The van der Waals surface area contributed by atoms with E-state index in [9.17, 15) is 9.18 Å². The van der Waals surface area contributed by atoms with Crippen molar-refractivity contribution in [1.29, 1.82) is 0 Å². The normalized spacial score (nSPS) is 16.7. The Morgan fingerprint density at radius 3 is 2.88 bits per heavy atom. The van der Waals surface area contributed by atoms with E-state index in [4.69, 9.17) is 9.47 Å². The standard InChI is InChI=1S/C21H24FN7O3/c1-5-14-10-32-21(30)29(14)20-26-13(3)25-19(27-20)24-12(2)17-9-28(11-23-17)15-6-7-18(31-4)16(22)8-15/h6-9,11-12,14H,5,10H2,1-4H3,(H,24,25,26,27)/t12-,14-/m0/s1. The molecule has 3 heterocycles. The van der Waals surface area contributed by atoms with Gasteiger partial charge in [-0.3, -0.25) is 0 Å². The van der Waals surface area contributed by atoms with Gasteiger partial charge in [-0.2, -0.15) is 15.0 Å². The molecule has 2 aromatic heterocycles. The molecule has 11 heteroatoms. The fraction of sp³-hybridized carbons (Fsp3) is 0.381. The fourth-order valence-corrected chi connectivity index (χ4v) is 3.43. The van der Waals surface area contributed by atoms with E-state index in [0.717, 1.165) is 6.42 Å². The lowest BCUT2D eigenvalue weighted by Gasteiger charge is -2.19. The number of nitrogens with one attached hydrogen (secondary N) is 1. The second-order valence-corrected chi connectivity index (χ2v) is 7.41. The molecular weight excluding hydrogens is 417 g/mol. The van der Waals surface area contributed by atoms with Gasteiger partial charge in [0.2, 0.25) is 11.9 Å². The molecule has 0 unspecified atom stereocenters. The van der Waals surface area contributed by atoms with Crippen LogP contribution in [0.4, 0.5) is 21.1 Å². The number of carbonyl (C=O) groups is 1. The summed E-state index contributed by atoms with van der Waals surface area (Å²) < 4.78 is 25.9. The van der Waals surface area contributed by atoms with Crippen LogP contribution in [0.1, 0.15) is 37.8 Å². The Balaban J connectivity index is 1.53. The summed E-state index contributed by atoms with van der Waals surface area (Å²) in [5, 5.41) is 3.19. The van der Waals surface area contributed by atoms with E-state index in [-0.39, 0.29) is 23.8 Å². The number of imidazole rings is 1. The van der Waals surface area contributed by atoms with E-state index in [2.05, 4.69) is 25.3 Å². The highest BCUT2D eigenvalue weighted by Crippen LogP contribution is 2.24. The van der Waals surface area contributed by atoms with E-state index in [1.807, 2.05) is 13.8 Å². The van der Waals surface area contributed by atoms with Crippen LogP contribution < -0.4 is 15.0 Å². The Morgan fingerprint density at radius 1 is 1.34 bits per heavy atom. The molecule has 1 fully saturated rings. The Labute approximate surface area is 184 Å². The highest BCUT2D eigenvalue weighted by Gasteiger charge is 2.35. The number of rotatable bonds is 7. The summed E-state index contributed by atoms with van der Waals surface area (Å²) in [6.45, 7) is 5.91. The number of cyclic esters (lactones) is 1. The topological polar surface area (TPSA) is 107 Å². The van der Waals surface area contributed by atoms with E-state index >= 15 is 0 Å². The maximum absolute atomic E-state index is 14.0. The molecule has 32 heavy (non-hydrogen) atoms. The third-order valence-corrected chi connectivity index (χ3v) is 5.21. The average molecular weight is 441 g/mol. The monoisotopic (exact) mass is 441 g/mol. The molecule has 3 aromatic rings. The Bertz CT molecular complexity index is 1140. The fourth-order valence-electron chi connectivity index (χ4n) is 3.43. The number of benzene rings is 1. The Morgan fingerprint density at radius 2 is 2.16 bits per heavy atom. The van der Waals surface area contributed by atoms with Crippen LogP contribution in [0.3, 0.4) is 0 Å². The minimum atomic E-state index is -0.466. The summed E-state index contributed by atoms with van der Waals surface area (Å²) in [4.78, 5) is 31.1. The number of amides is 1. The summed E-state index contributed by atoms with van der Waals surface area (Å²) in [5.41, 5.74) is 1.32. The van der Waals surface area contributed by atoms with Crippen LogP contribution in [-0.4, -0.2) is 50.4 Å². The molecule has 1 aromatic carbocycles. The molecule has 0 aliphatic carbocycles. The van der Waals surface area contributed by atoms with Gasteiger partial charge in [0.1, 0.15) is 12.4 Å². The lowest BCUT2D eigenvalue weighted by atomic mass is 10.2. The molecular formula is C21H24FN7O3. The first-order chi connectivity index (χ1) is 15.4. The number of aryl methyl sites for hydroxylation is 1. The zero-order valence-corrected chi connectivity index (χ0v) is 18.2. The van der Waals surface area contributed by atoms with Crippen molar-refractivity contribution in [3.63, 3.8) is 0 Å². The Hall–Kier alpha value is -3.76. The number of hydrogen-bond donors (Lipinski definition) is 1. The van der Waals surface area contributed by atoms with Gasteiger partial charge in [0.25, 0.3) is 0 Å². The Kier molecular flexibility index (Phi) is 5.89. The third kappa shape index (κ3) is 4.18. The van der Waals surface area contributed by atoms with Crippen molar-refractivity contribution < 1.29 is 18.7 Å². The van der Waals surface area contributed by atoms with Gasteiger partial charge in [-0.05, 0) is 32.4 Å². The zero-order chi connectivity index (χ0) is 22.8. The van der Waals surface area contributed by atoms with Crippen LogP contribution in [0.15, 0.2) is 30.7 Å². The largest absolute Gasteiger partial charge is 0.494 e. The first-order valence-corrected chi connectivity index (χ1v) is 10.2. The second kappa shape index (κ2) is 8.77. The van der Waals surface area contributed by atoms with Gasteiger partial charge in [0, 0.05) is 18.0 Å². The first kappa shape index (κ1) is 21.5. The summed E-state index contributed by atoms with van der Waals surface area (Å²) in [7, 11) is 1.42. The van der Waals surface area contributed by atoms with Crippen molar-refractivity contribution in [2.24, 2.45) is 0 Å². The number of anilines is 2. The molecule has 1 saturated heterocycles. The molecule has 1 aliphatic rings. The summed E-state index contributed by atoms with van der Waals surface area (Å²) >= 11 is 0. The predicted octanol–water partition coefficient (Wildman–Crippen LogP) is 3.42. The highest BCUT2D eigenvalue weighted by atomic mass is 19.1. The second-order valence-electron chi connectivity index (χ2n) is 7.41. The summed E-state index contributed by atoms with van der Waals surface area (Å²) in [6, 6.07) is 4.31. The first-order valence-electron chi connectivity index (χ1n) is 10.2. The van der Waals surface area contributed by atoms with E-state index in [1.54, 1.807) is 36.1 Å². The number of halogens is 1. The van der Waals surface area contributed by atoms with Crippen LogP contribution in [0.25, 0.3) is 5.69 Å². The lowest BCUT2D eigenvalue weighted by Crippen LogP contribution is -2.34. The maximum Gasteiger partial charge on any atom is 0.417 e. The molecule has 10 nitrogen and oxygen atoms in total. The number of ether oxygens (including phenoxy) is 2. The average Bonchev–Trinajstić information content (AvgIpc) is 3.40. The van der Waals surface area contributed by atoms with Crippen LogP contribution in [0.5, 0.6) is 5.75 Å². The van der Waals surface area contributed by atoms with Gasteiger partial charge in [-0.25, -0.2) is 19.1 Å². The van der Waals surface area contributed by atoms with Gasteiger partial charge in [-0.15, -0.1) is 0 Å². The maximum atomic E-state index is 14.0. The van der Waals surface area contributed by atoms with Crippen molar-refractivity contribution in [3.05, 3.63) is 48.1 Å². The molecule has 1 aliphatic heterocycles. The molecule has 0 saturated carbocycles. The SMILES string of the molecule is CC[C@H]1COC(=O)N1c1nc(C)nc(N[C@@H](C)c2cn(-c3ccc(OC)c(F)c3)cn2)n1. The molecule has 4 rings (SSSR count). The minimum absolute atomic E-state index is 0.116. The minimum Gasteiger partial charge on any atom is -0.494 e. The van der Waals surface area contributed by atoms with Gasteiger partial charge >= 0.3 is 6.09 Å². The smallest absolute Gasteiger partial charge is 0.417 e. The van der Waals surface area contributed by atoms with Gasteiger partial charge in [-0.1, -0.05) is 6.92 Å². The van der Waals surface area contributed by atoms with Gasteiger partial charge in [0.05, 0.1) is 31.2 Å². The molecule has 0 bridgehead atoms. The van der Waals surface area contributed by atoms with Crippen molar-refractivity contribution >= 4 is 18.0 Å². The number of nitrogens with zero attached hydrogens (tertiary/aromatic N) is 6. The molecule has 1 amide bonds. The third-order valence-electron chi connectivity index (χ3n) is 5.21. The number of methoxy groups -OCH3 is 1. The van der Waals surface area contributed by atoms with Gasteiger partial charge in [0.15, 0.2) is 11.6 Å². The van der Waals surface area contributed by atoms with Crippen LogP contribution in [0, 0.1) is 12.7 Å². The van der Waals surface area contributed by atoms with E-state index in [1.165, 1.54) is 18.1 Å². The van der Waals surface area contributed by atoms with Gasteiger partial charge < -0.3 is 19.4 Å². The highest BCUT2D eigenvalue weighted by molar-refractivity contribution is 5.88. The van der Waals surface area contributed by atoms with Crippen molar-refractivity contribution in [3.8, 4) is 11.4 Å². The predicted molar refractivity (Wildman–Crippen MR) is 115 cm³/mol. The molecule has 1 N–H and O–H groups in total. The van der Waals surface area contributed by atoms with Crippen LogP contribution in [-0.2, 0) is 4.74 Å². The molecule has 2 atom stereocenters. The van der Waals surface area contributed by atoms with Crippen molar-refractivity contribution in [2.45, 2.75) is 39.3 Å². The molecule has 0 spiro atoms. The van der Waals surface area contributed by atoms with Crippen LogP contribution in [0.2, 0.25) is 0 Å². The molecule has 168 valence electrons. The lowest BCUT2D eigenvalue weighted by molar-refractivity contribution is 0.178. The number of carbonyl (C=O) groups excluding carboxylic acids is 1. The van der Waals surface area contributed by atoms with Crippen molar-refractivity contribution in [1.82, 2.24) is 24.5 Å². The van der Waals surface area contributed by atoms with E-state index in [0.29, 0.717) is 29.8 Å². The van der Waals surface area contributed by atoms with E-state index < -0.39 is 11.9 Å². The number of hydrogen-bond acceptors (Lipinski definition) is 8. The zero-order valence-electron chi connectivity index (χ0n) is 18.2. The summed E-state index contributed by atoms with van der Waals surface area (Å²) in [5.74, 6) is 0.765. The van der Waals surface area contributed by atoms with Crippen LogP contribution >= 0.6 is 0 Å². The van der Waals surface area contributed by atoms with Crippen molar-refractivity contribution in [2.75, 3.05) is 23.9 Å².